The summed E-state index contributed by atoms with van der Waals surface area (Å²) in [7, 11) is 0. The molecule has 148 valence electrons. The third-order valence-corrected chi connectivity index (χ3v) is 6.10. The number of thioether (sulfide) groups is 1. The van der Waals surface area contributed by atoms with Gasteiger partial charge in [-0.3, -0.25) is 0 Å². The van der Waals surface area contributed by atoms with Crippen molar-refractivity contribution in [2.45, 2.75) is 31.7 Å². The van der Waals surface area contributed by atoms with Gasteiger partial charge in [0.1, 0.15) is 12.1 Å². The van der Waals surface area contributed by atoms with Crippen molar-refractivity contribution in [1.29, 1.82) is 10.5 Å². The number of nitriles is 2. The molecule has 0 spiro atoms. The van der Waals surface area contributed by atoms with Gasteiger partial charge in [-0.05, 0) is 50.2 Å². The zero-order chi connectivity index (χ0) is 21.4. The number of allylic oxidation sites excluding steroid dienone is 1. The number of aliphatic imine (C=N–C) groups is 1. The summed E-state index contributed by atoms with van der Waals surface area (Å²) in [6.07, 6.45) is 0. The molecule has 2 aromatic carbocycles. The predicted octanol–water partition coefficient (Wildman–Crippen LogP) is 4.60. The molecule has 0 saturated heterocycles. The summed E-state index contributed by atoms with van der Waals surface area (Å²) in [5, 5.41) is 19.6. The van der Waals surface area contributed by atoms with Crippen LogP contribution in [0.3, 0.4) is 0 Å². The molecule has 0 aromatic heterocycles. The first-order valence-corrected chi connectivity index (χ1v) is 10.3. The molecular weight excluding hydrogens is 396 g/mol. The van der Waals surface area contributed by atoms with Crippen LogP contribution in [0.25, 0.3) is 0 Å². The third kappa shape index (κ3) is 3.14. The van der Waals surface area contributed by atoms with Crippen LogP contribution in [-0.4, -0.2) is 17.7 Å². The Morgan fingerprint density at radius 3 is 2.47 bits per heavy atom. The summed E-state index contributed by atoms with van der Waals surface area (Å²) in [5.41, 5.74) is 4.49. The van der Waals surface area contributed by atoms with Crippen molar-refractivity contribution in [1.82, 2.24) is 0 Å². The molecule has 2 aliphatic rings. The maximum absolute atomic E-state index is 12.9. The van der Waals surface area contributed by atoms with E-state index in [1.165, 1.54) is 11.8 Å². The van der Waals surface area contributed by atoms with Crippen LogP contribution >= 0.6 is 11.8 Å². The van der Waals surface area contributed by atoms with Crippen LogP contribution in [0.4, 0.5) is 5.69 Å². The van der Waals surface area contributed by atoms with Gasteiger partial charge in [0.2, 0.25) is 0 Å². The lowest BCUT2D eigenvalue weighted by atomic mass is 9.93. The Labute approximate surface area is 179 Å². The zero-order valence-electron chi connectivity index (χ0n) is 16.8. The predicted molar refractivity (Wildman–Crippen MR) is 115 cm³/mol. The van der Waals surface area contributed by atoms with Crippen molar-refractivity contribution in [2.24, 2.45) is 4.99 Å². The van der Waals surface area contributed by atoms with E-state index in [0.29, 0.717) is 27.6 Å². The van der Waals surface area contributed by atoms with E-state index < -0.39 is 12.0 Å². The molecule has 0 bridgehead atoms. The number of anilines is 1. The van der Waals surface area contributed by atoms with Gasteiger partial charge in [0.05, 0.1) is 40.7 Å². The summed E-state index contributed by atoms with van der Waals surface area (Å²) in [6.45, 7) is 5.86. The fourth-order valence-corrected chi connectivity index (χ4v) is 4.78. The minimum Gasteiger partial charge on any atom is -0.463 e. The Morgan fingerprint density at radius 1 is 1.17 bits per heavy atom. The number of amidine groups is 1. The van der Waals surface area contributed by atoms with Crippen molar-refractivity contribution in [3.05, 3.63) is 69.9 Å². The van der Waals surface area contributed by atoms with Crippen molar-refractivity contribution in [3.63, 3.8) is 0 Å². The Bertz CT molecular complexity index is 1200. The Morgan fingerprint density at radius 2 is 1.83 bits per heavy atom. The largest absolute Gasteiger partial charge is 0.463 e. The van der Waals surface area contributed by atoms with Gasteiger partial charge in [-0.15, -0.1) is 0 Å². The van der Waals surface area contributed by atoms with Crippen LogP contribution in [-0.2, 0) is 9.53 Å². The minimum absolute atomic E-state index is 0.266. The molecule has 0 unspecified atom stereocenters. The molecule has 0 aliphatic carbocycles. The van der Waals surface area contributed by atoms with Crippen molar-refractivity contribution >= 4 is 28.6 Å². The second-order valence-electron chi connectivity index (χ2n) is 6.99. The van der Waals surface area contributed by atoms with Gasteiger partial charge < -0.3 is 9.64 Å². The number of aryl methyl sites for hydroxylation is 1. The molecule has 30 heavy (non-hydrogen) atoms. The van der Waals surface area contributed by atoms with Gasteiger partial charge in [-0.2, -0.15) is 10.5 Å². The SMILES string of the molecule is CCOC(=O)C1=C(C)N=C2Sc3cc(C#N)c(C#N)cc3N2[C@@H]1c1ccc(C)cc1. The molecule has 6 nitrogen and oxygen atoms in total. The first kappa shape index (κ1) is 19.8. The Balaban J connectivity index is 1.94. The number of nitrogens with zero attached hydrogens (tertiary/aromatic N) is 4. The number of fused-ring (bicyclic) bond motifs is 3. The van der Waals surface area contributed by atoms with E-state index in [1.54, 1.807) is 19.1 Å². The number of benzene rings is 2. The van der Waals surface area contributed by atoms with Crippen LogP contribution < -0.4 is 4.90 Å². The number of esters is 1. The molecule has 2 aliphatic heterocycles. The van der Waals surface area contributed by atoms with Crippen LogP contribution in [0.15, 0.2) is 57.6 Å². The quantitative estimate of drug-likeness (QED) is 0.682. The number of rotatable bonds is 3. The third-order valence-electron chi connectivity index (χ3n) is 5.08. The maximum Gasteiger partial charge on any atom is 0.338 e. The first-order chi connectivity index (χ1) is 14.5. The number of hydrogen-bond donors (Lipinski definition) is 0. The van der Waals surface area contributed by atoms with Crippen molar-refractivity contribution < 1.29 is 9.53 Å². The fraction of sp³-hybridized carbons (Fsp3) is 0.217. The molecule has 0 amide bonds. The van der Waals surface area contributed by atoms with Gasteiger partial charge in [0, 0.05) is 4.90 Å². The summed E-state index contributed by atoms with van der Waals surface area (Å²) in [5.74, 6) is -0.407. The monoisotopic (exact) mass is 414 g/mol. The molecule has 7 heteroatoms. The summed E-state index contributed by atoms with van der Waals surface area (Å²) < 4.78 is 5.35. The molecule has 0 saturated carbocycles. The average Bonchev–Trinajstić information content (AvgIpc) is 3.09. The van der Waals surface area contributed by atoms with Gasteiger partial charge >= 0.3 is 5.97 Å². The highest BCUT2D eigenvalue weighted by Gasteiger charge is 2.42. The van der Waals surface area contributed by atoms with Crippen molar-refractivity contribution in [3.8, 4) is 12.1 Å². The number of ether oxygens (including phenoxy) is 1. The molecule has 2 aromatic rings. The molecule has 4 rings (SSSR count). The fourth-order valence-electron chi connectivity index (χ4n) is 3.66. The standard InChI is InChI=1S/C23H18N4O2S/c1-4-29-22(28)20-14(3)26-23-27(21(20)15-7-5-13(2)6-8-15)18-9-16(11-24)17(12-25)10-19(18)30-23/h5-10,21H,4H2,1-3H3/t21-/m1/s1. The summed E-state index contributed by atoms with van der Waals surface area (Å²) in [6, 6.07) is 15.1. The molecule has 1 atom stereocenters. The molecule has 0 fully saturated rings. The van der Waals surface area contributed by atoms with Crippen LogP contribution in [0, 0.1) is 29.6 Å². The Kier molecular flexibility index (Phi) is 5.07. The van der Waals surface area contributed by atoms with Gasteiger partial charge in [0.15, 0.2) is 5.17 Å². The number of carbonyl (C=O) groups excluding carboxylic acids is 1. The second kappa shape index (κ2) is 7.70. The highest BCUT2D eigenvalue weighted by atomic mass is 32.2. The van der Waals surface area contributed by atoms with E-state index in [0.717, 1.165) is 21.7 Å². The number of hydrogen-bond acceptors (Lipinski definition) is 7. The first-order valence-electron chi connectivity index (χ1n) is 9.47. The van der Waals surface area contributed by atoms with Crippen LogP contribution in [0.1, 0.15) is 42.1 Å². The summed E-state index contributed by atoms with van der Waals surface area (Å²) in [4.78, 5) is 20.4. The lowest BCUT2D eigenvalue weighted by molar-refractivity contribution is -0.138. The normalized spacial score (nSPS) is 16.9. The maximum atomic E-state index is 12.9. The van der Waals surface area contributed by atoms with Crippen LogP contribution in [0.2, 0.25) is 0 Å². The molecule has 2 heterocycles. The van der Waals surface area contributed by atoms with Gasteiger partial charge in [-0.1, -0.05) is 29.8 Å². The van der Waals surface area contributed by atoms with E-state index in [-0.39, 0.29) is 6.61 Å². The highest BCUT2D eigenvalue weighted by Crippen LogP contribution is 2.50. The lowest BCUT2D eigenvalue weighted by Gasteiger charge is -2.35. The number of carbonyl (C=O) groups is 1. The Hall–Kier alpha value is -3.55. The zero-order valence-corrected chi connectivity index (χ0v) is 17.6. The molecular formula is C23H18N4O2S. The van der Waals surface area contributed by atoms with E-state index in [2.05, 4.69) is 17.1 Å². The van der Waals surface area contributed by atoms with E-state index >= 15 is 0 Å². The van der Waals surface area contributed by atoms with Gasteiger partial charge in [0.25, 0.3) is 0 Å². The summed E-state index contributed by atoms with van der Waals surface area (Å²) >= 11 is 1.43. The van der Waals surface area contributed by atoms with E-state index in [4.69, 9.17) is 4.74 Å². The average molecular weight is 414 g/mol. The lowest BCUT2D eigenvalue weighted by Crippen LogP contribution is -2.37. The van der Waals surface area contributed by atoms with E-state index in [1.807, 2.05) is 43.0 Å². The molecule has 0 radical (unpaired) electrons. The topological polar surface area (TPSA) is 89.5 Å². The molecule has 0 N–H and O–H groups in total. The van der Waals surface area contributed by atoms with E-state index in [9.17, 15) is 15.3 Å². The van der Waals surface area contributed by atoms with Gasteiger partial charge in [-0.25, -0.2) is 9.79 Å². The minimum atomic E-state index is -0.439. The second-order valence-corrected chi connectivity index (χ2v) is 8.00. The highest BCUT2D eigenvalue weighted by molar-refractivity contribution is 8.14. The smallest absolute Gasteiger partial charge is 0.338 e. The van der Waals surface area contributed by atoms with Crippen molar-refractivity contribution in [2.75, 3.05) is 11.5 Å². The van der Waals surface area contributed by atoms with Crippen LogP contribution in [0.5, 0.6) is 0 Å².